The number of pyridine rings is 2. The highest BCUT2D eigenvalue weighted by atomic mass is 14.8. The van der Waals surface area contributed by atoms with E-state index in [0.717, 1.165) is 42.0 Å². The van der Waals surface area contributed by atoms with Crippen LogP contribution in [0.3, 0.4) is 0 Å². The van der Waals surface area contributed by atoms with Crippen LogP contribution >= 0.6 is 0 Å². The smallest absolute Gasteiger partial charge is 0.0893 e. The van der Waals surface area contributed by atoms with Crippen molar-refractivity contribution in [1.82, 2.24) is 9.97 Å². The third-order valence-corrected chi connectivity index (χ3v) is 3.94. The minimum absolute atomic E-state index is 0.945. The average molecular weight is 272 g/mol. The lowest BCUT2D eigenvalue weighted by molar-refractivity contribution is 0.799. The minimum Gasteiger partial charge on any atom is -0.251 e. The maximum absolute atomic E-state index is 4.79. The summed E-state index contributed by atoms with van der Waals surface area (Å²) in [6.07, 6.45) is 3.22. The number of fused-ring (bicyclic) bond motifs is 8. The second-order valence-electron chi connectivity index (χ2n) is 5.48. The van der Waals surface area contributed by atoms with Crippen molar-refractivity contribution >= 4 is 0 Å². The van der Waals surface area contributed by atoms with Gasteiger partial charge in [-0.15, -0.1) is 0 Å². The van der Waals surface area contributed by atoms with Gasteiger partial charge in [0.25, 0.3) is 0 Å². The van der Waals surface area contributed by atoms with E-state index in [1.165, 1.54) is 11.1 Å². The minimum atomic E-state index is 0.945. The van der Waals surface area contributed by atoms with E-state index < -0.39 is 0 Å². The molecule has 6 bridgehead atoms. The van der Waals surface area contributed by atoms with Crippen molar-refractivity contribution < 1.29 is 0 Å². The molecule has 1 aromatic carbocycles. The van der Waals surface area contributed by atoms with Gasteiger partial charge in [0.15, 0.2) is 0 Å². The standard InChI is InChI=1S/C19H16N2/c1-5-14-6-2-8-16-9-3-11-18(20-16)19-12-4-10-17(21-19)15(7-1)13-14/h1,3-5,7,9-13H,2,6,8H2. The van der Waals surface area contributed by atoms with Gasteiger partial charge in [0.2, 0.25) is 0 Å². The molecule has 0 saturated heterocycles. The Kier molecular flexibility index (Phi) is 3.00. The number of nitrogens with zero attached hydrogens (tertiary/aromatic N) is 2. The van der Waals surface area contributed by atoms with Crippen LogP contribution in [0.25, 0.3) is 22.6 Å². The lowest BCUT2D eigenvalue weighted by Crippen LogP contribution is -1.98. The van der Waals surface area contributed by atoms with E-state index in [9.17, 15) is 0 Å². The quantitative estimate of drug-likeness (QED) is 0.610. The van der Waals surface area contributed by atoms with E-state index in [1.807, 2.05) is 12.1 Å². The van der Waals surface area contributed by atoms with Crippen molar-refractivity contribution in [3.63, 3.8) is 0 Å². The van der Waals surface area contributed by atoms with Crippen LogP contribution in [0.2, 0.25) is 0 Å². The van der Waals surface area contributed by atoms with Gasteiger partial charge in [0, 0.05) is 11.3 Å². The van der Waals surface area contributed by atoms with Gasteiger partial charge in [-0.3, -0.25) is 4.98 Å². The van der Waals surface area contributed by atoms with E-state index in [0.29, 0.717) is 0 Å². The van der Waals surface area contributed by atoms with Gasteiger partial charge in [0.05, 0.1) is 17.1 Å². The molecule has 4 rings (SSSR count). The summed E-state index contributed by atoms with van der Waals surface area (Å²) in [4.78, 5) is 9.55. The molecule has 3 aromatic rings. The first kappa shape index (κ1) is 12.3. The maximum atomic E-state index is 4.79. The predicted molar refractivity (Wildman–Crippen MR) is 84.9 cm³/mol. The zero-order valence-electron chi connectivity index (χ0n) is 11.8. The molecule has 2 aromatic heterocycles. The molecule has 0 unspecified atom stereocenters. The first-order chi connectivity index (χ1) is 10.4. The van der Waals surface area contributed by atoms with Gasteiger partial charge < -0.3 is 0 Å². The molecule has 1 aliphatic heterocycles. The van der Waals surface area contributed by atoms with Crippen LogP contribution in [-0.4, -0.2) is 9.97 Å². The molecule has 0 saturated carbocycles. The van der Waals surface area contributed by atoms with Crippen LogP contribution < -0.4 is 0 Å². The van der Waals surface area contributed by atoms with Crippen LogP contribution in [0.15, 0.2) is 60.7 Å². The Bertz CT molecular complexity index is 730. The number of rotatable bonds is 0. The second-order valence-corrected chi connectivity index (χ2v) is 5.48. The summed E-state index contributed by atoms with van der Waals surface area (Å²) in [7, 11) is 0. The van der Waals surface area contributed by atoms with Gasteiger partial charge >= 0.3 is 0 Å². The molecule has 2 heteroatoms. The molecule has 0 aliphatic carbocycles. The van der Waals surface area contributed by atoms with Gasteiger partial charge in [-0.05, 0) is 55.2 Å². The average Bonchev–Trinajstić information content (AvgIpc) is 2.55. The Balaban J connectivity index is 1.93. The van der Waals surface area contributed by atoms with Gasteiger partial charge in [-0.1, -0.05) is 30.3 Å². The van der Waals surface area contributed by atoms with Crippen LogP contribution in [-0.2, 0) is 12.8 Å². The molecule has 0 atom stereocenters. The van der Waals surface area contributed by atoms with E-state index >= 15 is 0 Å². The van der Waals surface area contributed by atoms with Crippen molar-refractivity contribution in [3.05, 3.63) is 71.9 Å². The van der Waals surface area contributed by atoms with Crippen molar-refractivity contribution in [2.75, 3.05) is 0 Å². The third kappa shape index (κ3) is 2.45. The molecule has 0 radical (unpaired) electrons. The number of benzene rings is 1. The van der Waals surface area contributed by atoms with Crippen molar-refractivity contribution in [2.45, 2.75) is 19.3 Å². The fraction of sp³-hybridized carbons (Fsp3) is 0.158. The Hall–Kier alpha value is -2.48. The van der Waals surface area contributed by atoms with E-state index in [2.05, 4.69) is 48.5 Å². The molecular weight excluding hydrogens is 256 g/mol. The van der Waals surface area contributed by atoms with Gasteiger partial charge in [-0.25, -0.2) is 4.98 Å². The largest absolute Gasteiger partial charge is 0.251 e. The second kappa shape index (κ2) is 5.13. The first-order valence-electron chi connectivity index (χ1n) is 7.41. The lowest BCUT2D eigenvalue weighted by atomic mass is 10.0. The summed E-state index contributed by atoms with van der Waals surface area (Å²) in [5.41, 5.74) is 6.63. The summed E-state index contributed by atoms with van der Waals surface area (Å²) in [6, 6.07) is 21.1. The number of aryl methyl sites for hydroxylation is 2. The molecule has 0 fully saturated rings. The molecule has 3 heterocycles. The summed E-state index contributed by atoms with van der Waals surface area (Å²) in [6.45, 7) is 0. The number of hydrogen-bond acceptors (Lipinski definition) is 2. The van der Waals surface area contributed by atoms with E-state index in [4.69, 9.17) is 9.97 Å². The fourth-order valence-electron chi connectivity index (χ4n) is 2.86. The summed E-state index contributed by atoms with van der Waals surface area (Å²) in [5, 5.41) is 0. The normalized spacial score (nSPS) is 13.1. The van der Waals surface area contributed by atoms with Crippen LogP contribution in [0, 0.1) is 0 Å². The van der Waals surface area contributed by atoms with Crippen molar-refractivity contribution in [2.24, 2.45) is 0 Å². The molecule has 102 valence electrons. The van der Waals surface area contributed by atoms with E-state index in [1.54, 1.807) is 0 Å². The molecule has 0 spiro atoms. The molecular formula is C19H16N2. The Morgan fingerprint density at radius 2 is 1.43 bits per heavy atom. The van der Waals surface area contributed by atoms with E-state index in [-0.39, 0.29) is 0 Å². The topological polar surface area (TPSA) is 25.8 Å². The summed E-state index contributed by atoms with van der Waals surface area (Å²) < 4.78 is 0. The van der Waals surface area contributed by atoms with Crippen LogP contribution in [0.1, 0.15) is 17.7 Å². The Morgan fingerprint density at radius 1 is 0.667 bits per heavy atom. The number of aromatic nitrogens is 2. The summed E-state index contributed by atoms with van der Waals surface area (Å²) in [5.74, 6) is 0. The molecule has 21 heavy (non-hydrogen) atoms. The summed E-state index contributed by atoms with van der Waals surface area (Å²) >= 11 is 0. The molecule has 0 amide bonds. The predicted octanol–water partition coefficient (Wildman–Crippen LogP) is 4.30. The highest BCUT2D eigenvalue weighted by Crippen LogP contribution is 2.24. The Morgan fingerprint density at radius 3 is 2.38 bits per heavy atom. The van der Waals surface area contributed by atoms with Crippen LogP contribution in [0.4, 0.5) is 0 Å². The van der Waals surface area contributed by atoms with Crippen molar-refractivity contribution in [1.29, 1.82) is 0 Å². The first-order valence-corrected chi connectivity index (χ1v) is 7.41. The third-order valence-electron chi connectivity index (χ3n) is 3.94. The lowest BCUT2D eigenvalue weighted by Gasteiger charge is -2.10. The zero-order valence-corrected chi connectivity index (χ0v) is 11.8. The monoisotopic (exact) mass is 272 g/mol. The maximum Gasteiger partial charge on any atom is 0.0893 e. The zero-order chi connectivity index (χ0) is 14.1. The Labute approximate surface area is 124 Å². The fourth-order valence-corrected chi connectivity index (χ4v) is 2.86. The highest BCUT2D eigenvalue weighted by molar-refractivity contribution is 5.65. The molecule has 2 nitrogen and oxygen atoms in total. The SMILES string of the molecule is c1cc2cc(c1)-c1cccc(n1)-c1cccc(n1)CCC2. The number of hydrogen-bond donors (Lipinski definition) is 0. The van der Waals surface area contributed by atoms with Crippen molar-refractivity contribution in [3.8, 4) is 22.6 Å². The molecule has 1 aliphatic rings. The van der Waals surface area contributed by atoms with Crippen LogP contribution in [0.5, 0.6) is 0 Å². The van der Waals surface area contributed by atoms with Gasteiger partial charge in [0.1, 0.15) is 0 Å². The van der Waals surface area contributed by atoms with Gasteiger partial charge in [-0.2, -0.15) is 0 Å². The highest BCUT2D eigenvalue weighted by Gasteiger charge is 2.08. The molecule has 0 N–H and O–H groups in total.